The quantitative estimate of drug-likeness (QED) is 0.649. The van der Waals surface area contributed by atoms with Gasteiger partial charge in [0.05, 0.1) is 6.20 Å². The summed E-state index contributed by atoms with van der Waals surface area (Å²) in [4.78, 5) is 10.5. The summed E-state index contributed by atoms with van der Waals surface area (Å²) in [6.07, 6.45) is -0.542. The Kier molecular flexibility index (Phi) is 4.45. The lowest BCUT2D eigenvalue weighted by atomic mass is 10.3. The van der Waals surface area contributed by atoms with E-state index in [1.165, 1.54) is 0 Å². The minimum Gasteiger partial charge on any atom is -0.328 e. The molecule has 1 amide bonds. The highest BCUT2D eigenvalue weighted by Gasteiger charge is 1.95. The van der Waals surface area contributed by atoms with Crippen LogP contribution >= 0.6 is 0 Å². The molecule has 10 heavy (non-hydrogen) atoms. The Balaban J connectivity index is 3.49. The smallest absolute Gasteiger partial charge is 0.286 e. The second-order valence-electron chi connectivity index (χ2n) is 1.75. The number of amides is 1. The summed E-state index contributed by atoms with van der Waals surface area (Å²) in [5, 5.41) is 1.93. The number of carbonyl (C=O) groups is 1. The lowest BCUT2D eigenvalue weighted by molar-refractivity contribution is -0.120. The Morgan fingerprint density at radius 1 is 1.60 bits per heavy atom. The average molecular weight is 149 g/mol. The Labute approximate surface area is 57.9 Å². The molecule has 0 aliphatic carbocycles. The van der Waals surface area contributed by atoms with Crippen LogP contribution in [0, 0.1) is 0 Å². The molecule has 0 aromatic carbocycles. The van der Waals surface area contributed by atoms with Crippen molar-refractivity contribution in [2.75, 3.05) is 0 Å². The molecule has 0 fully saturated rings. The molecule has 0 aromatic heterocycles. The maximum Gasteiger partial charge on any atom is 0.286 e. The van der Waals surface area contributed by atoms with Gasteiger partial charge in [0.2, 0.25) is 5.91 Å². The second kappa shape index (κ2) is 4.90. The molecular weight excluding hydrogens is 140 g/mol. The van der Waals surface area contributed by atoms with Crippen LogP contribution in [-0.4, -0.2) is 5.91 Å². The van der Waals surface area contributed by atoms with Crippen LogP contribution in [0.15, 0.2) is 12.3 Å². The molecule has 0 saturated carbocycles. The van der Waals surface area contributed by atoms with E-state index in [1.54, 1.807) is 6.92 Å². The van der Waals surface area contributed by atoms with Gasteiger partial charge in [-0.2, -0.15) is 8.78 Å². The molecule has 0 atom stereocenters. The van der Waals surface area contributed by atoms with E-state index in [9.17, 15) is 13.6 Å². The monoisotopic (exact) mass is 149 g/mol. The minimum atomic E-state index is -1.88. The third-order valence-corrected chi connectivity index (χ3v) is 0.819. The Bertz CT molecular complexity index is 141. The number of nitrogens with one attached hydrogen (secondary N) is 1. The molecule has 0 rings (SSSR count). The van der Waals surface area contributed by atoms with E-state index >= 15 is 0 Å². The standard InChI is InChI=1S/C6H9F2NO/c1-2-3-6(10)9-4-5(7)8/h4H,2-3H2,1H3,(H,9,10). The van der Waals surface area contributed by atoms with Crippen molar-refractivity contribution in [3.63, 3.8) is 0 Å². The molecule has 0 heterocycles. The lowest BCUT2D eigenvalue weighted by Crippen LogP contribution is -2.15. The number of rotatable bonds is 3. The van der Waals surface area contributed by atoms with E-state index in [2.05, 4.69) is 0 Å². The van der Waals surface area contributed by atoms with Crippen LogP contribution in [-0.2, 0) is 4.79 Å². The van der Waals surface area contributed by atoms with Crippen LogP contribution in [0.4, 0.5) is 8.78 Å². The van der Waals surface area contributed by atoms with E-state index in [4.69, 9.17) is 0 Å². The fourth-order valence-corrected chi connectivity index (χ4v) is 0.434. The Morgan fingerprint density at radius 3 is 2.60 bits per heavy atom. The minimum absolute atomic E-state index is 0.282. The maximum absolute atomic E-state index is 11.3. The van der Waals surface area contributed by atoms with Crippen molar-refractivity contribution in [3.05, 3.63) is 12.3 Å². The fourth-order valence-electron chi connectivity index (χ4n) is 0.434. The van der Waals surface area contributed by atoms with Gasteiger partial charge in [0.25, 0.3) is 6.08 Å². The predicted molar refractivity (Wildman–Crippen MR) is 33.3 cm³/mol. The molecular formula is C6H9F2NO. The zero-order chi connectivity index (χ0) is 7.98. The van der Waals surface area contributed by atoms with Crippen molar-refractivity contribution in [2.24, 2.45) is 0 Å². The summed E-state index contributed by atoms with van der Waals surface area (Å²) in [7, 11) is 0. The Morgan fingerprint density at radius 2 is 2.20 bits per heavy atom. The van der Waals surface area contributed by atoms with Crippen LogP contribution in [0.2, 0.25) is 0 Å². The van der Waals surface area contributed by atoms with E-state index in [0.717, 1.165) is 0 Å². The molecule has 58 valence electrons. The highest BCUT2D eigenvalue weighted by atomic mass is 19.3. The molecule has 0 unspecified atom stereocenters. The van der Waals surface area contributed by atoms with Crippen molar-refractivity contribution in [2.45, 2.75) is 19.8 Å². The molecule has 0 spiro atoms. The van der Waals surface area contributed by atoms with Crippen LogP contribution in [0.25, 0.3) is 0 Å². The fraction of sp³-hybridized carbons (Fsp3) is 0.500. The molecule has 0 saturated heterocycles. The zero-order valence-electron chi connectivity index (χ0n) is 5.66. The van der Waals surface area contributed by atoms with E-state index in [-0.39, 0.29) is 12.3 Å². The van der Waals surface area contributed by atoms with Gasteiger partial charge in [0.15, 0.2) is 0 Å². The number of halogens is 2. The summed E-state index contributed by atoms with van der Waals surface area (Å²) < 4.78 is 22.6. The maximum atomic E-state index is 11.3. The number of carbonyl (C=O) groups excluding carboxylic acids is 1. The SMILES string of the molecule is CCCC(=O)NC=C(F)F. The van der Waals surface area contributed by atoms with Gasteiger partial charge in [0.1, 0.15) is 0 Å². The van der Waals surface area contributed by atoms with Crippen molar-refractivity contribution in [1.29, 1.82) is 0 Å². The number of hydrogen-bond acceptors (Lipinski definition) is 1. The lowest BCUT2D eigenvalue weighted by Gasteiger charge is -1.93. The second-order valence-corrected chi connectivity index (χ2v) is 1.75. The summed E-state index contributed by atoms with van der Waals surface area (Å²) >= 11 is 0. The summed E-state index contributed by atoms with van der Waals surface area (Å²) in [6.45, 7) is 1.80. The van der Waals surface area contributed by atoms with E-state index < -0.39 is 6.08 Å². The first-order valence-corrected chi connectivity index (χ1v) is 2.97. The summed E-state index contributed by atoms with van der Waals surface area (Å²) in [6, 6.07) is 0. The predicted octanol–water partition coefficient (Wildman–Crippen LogP) is 1.64. The largest absolute Gasteiger partial charge is 0.328 e. The van der Waals surface area contributed by atoms with Crippen molar-refractivity contribution < 1.29 is 13.6 Å². The zero-order valence-corrected chi connectivity index (χ0v) is 5.66. The first-order chi connectivity index (χ1) is 4.66. The molecule has 4 heteroatoms. The molecule has 0 aliphatic rings. The van der Waals surface area contributed by atoms with Gasteiger partial charge >= 0.3 is 0 Å². The van der Waals surface area contributed by atoms with Crippen molar-refractivity contribution in [1.82, 2.24) is 5.32 Å². The third-order valence-electron chi connectivity index (χ3n) is 0.819. The van der Waals surface area contributed by atoms with Crippen LogP contribution in [0.5, 0.6) is 0 Å². The number of hydrogen-bond donors (Lipinski definition) is 1. The first kappa shape index (κ1) is 9.07. The molecule has 0 aliphatic heterocycles. The van der Waals surface area contributed by atoms with Gasteiger partial charge in [-0.3, -0.25) is 4.79 Å². The van der Waals surface area contributed by atoms with Gasteiger partial charge in [0, 0.05) is 6.42 Å². The topological polar surface area (TPSA) is 29.1 Å². The van der Waals surface area contributed by atoms with Gasteiger partial charge in [-0.15, -0.1) is 0 Å². The highest BCUT2D eigenvalue weighted by molar-refractivity contribution is 5.76. The Hall–Kier alpha value is -0.930. The van der Waals surface area contributed by atoms with Gasteiger partial charge < -0.3 is 5.32 Å². The molecule has 0 bridgehead atoms. The van der Waals surface area contributed by atoms with Crippen LogP contribution in [0.3, 0.4) is 0 Å². The normalized spacial score (nSPS) is 8.70. The first-order valence-electron chi connectivity index (χ1n) is 2.97. The van der Waals surface area contributed by atoms with Gasteiger partial charge in [-0.25, -0.2) is 0 Å². The van der Waals surface area contributed by atoms with Gasteiger partial charge in [-0.05, 0) is 6.42 Å². The van der Waals surface area contributed by atoms with Crippen molar-refractivity contribution in [3.8, 4) is 0 Å². The molecule has 2 nitrogen and oxygen atoms in total. The third kappa shape index (κ3) is 5.21. The van der Waals surface area contributed by atoms with E-state index in [1.807, 2.05) is 5.32 Å². The average Bonchev–Trinajstić information content (AvgIpc) is 1.85. The summed E-state index contributed by atoms with van der Waals surface area (Å²) in [5.41, 5.74) is 0. The van der Waals surface area contributed by atoms with Gasteiger partial charge in [-0.1, -0.05) is 6.92 Å². The molecule has 0 radical (unpaired) electrons. The molecule has 0 aromatic rings. The summed E-state index contributed by atoms with van der Waals surface area (Å²) in [5.74, 6) is -0.379. The molecule has 1 N–H and O–H groups in total. The highest BCUT2D eigenvalue weighted by Crippen LogP contribution is 1.93. The van der Waals surface area contributed by atoms with Crippen LogP contribution in [0.1, 0.15) is 19.8 Å². The van der Waals surface area contributed by atoms with Crippen molar-refractivity contribution >= 4 is 5.91 Å². The van der Waals surface area contributed by atoms with Crippen LogP contribution < -0.4 is 5.32 Å². The van der Waals surface area contributed by atoms with E-state index in [0.29, 0.717) is 12.6 Å².